The average Bonchev–Trinajstić information content (AvgIpc) is 2.63. The zero-order valence-electron chi connectivity index (χ0n) is 16.2. The van der Waals surface area contributed by atoms with Gasteiger partial charge in [0.25, 0.3) is 0 Å². The van der Waals surface area contributed by atoms with E-state index in [1.165, 1.54) is 0 Å². The quantitative estimate of drug-likeness (QED) is 0.667. The van der Waals surface area contributed by atoms with Crippen LogP contribution in [0.1, 0.15) is 39.2 Å². The lowest BCUT2D eigenvalue weighted by Crippen LogP contribution is -2.44. The van der Waals surface area contributed by atoms with Gasteiger partial charge in [0.1, 0.15) is 0 Å². The van der Waals surface area contributed by atoms with E-state index in [4.69, 9.17) is 9.47 Å². The molecule has 1 N–H and O–H groups in total. The molecule has 148 valence electrons. The summed E-state index contributed by atoms with van der Waals surface area (Å²) < 4.78 is 11.2. The van der Waals surface area contributed by atoms with Crippen LogP contribution in [0.4, 0.5) is 0 Å². The Bertz CT molecular complexity index is 698. The zero-order chi connectivity index (χ0) is 19.8. The van der Waals surface area contributed by atoms with Gasteiger partial charge in [-0.1, -0.05) is 17.7 Å². The number of hydrogen-bond donors (Lipinski definition) is 1. The van der Waals surface area contributed by atoms with Crippen molar-refractivity contribution in [2.45, 2.75) is 40.0 Å². The van der Waals surface area contributed by atoms with E-state index in [2.05, 4.69) is 5.32 Å². The van der Waals surface area contributed by atoms with Crippen molar-refractivity contribution in [1.29, 1.82) is 0 Å². The molecule has 6 heteroatoms. The minimum atomic E-state index is -1.16. The molecule has 27 heavy (non-hydrogen) atoms. The fourth-order valence-corrected chi connectivity index (χ4v) is 3.31. The second-order valence-electron chi connectivity index (χ2n) is 6.71. The molecule has 1 aromatic carbocycles. The second kappa shape index (κ2) is 10.00. The van der Waals surface area contributed by atoms with E-state index in [1.807, 2.05) is 45.0 Å². The molecule has 0 aromatic heterocycles. The summed E-state index contributed by atoms with van der Waals surface area (Å²) in [7, 11) is 0. The molecular weight excluding hydrogens is 346 g/mol. The Labute approximate surface area is 160 Å². The molecule has 0 saturated carbocycles. The van der Waals surface area contributed by atoms with Crippen LogP contribution in [0.3, 0.4) is 0 Å². The van der Waals surface area contributed by atoms with E-state index in [9.17, 15) is 14.7 Å². The van der Waals surface area contributed by atoms with Crippen molar-refractivity contribution >= 4 is 11.9 Å². The first-order valence-electron chi connectivity index (χ1n) is 9.48. The van der Waals surface area contributed by atoms with Crippen molar-refractivity contribution in [3.63, 3.8) is 0 Å². The molecule has 2 rings (SSSR count). The largest absolute Gasteiger partial charge is 0.550 e. The molecule has 0 saturated heterocycles. The number of carbonyl (C=O) groups is 2. The number of carboxylic acid groups (broad SMARTS) is 1. The number of carbonyl (C=O) groups excluding carboxylic acids is 2. The van der Waals surface area contributed by atoms with Gasteiger partial charge in [-0.05, 0) is 57.7 Å². The number of ether oxygens (including phenoxy) is 2. The highest BCUT2D eigenvalue weighted by Gasteiger charge is 2.31. The number of nitrogens with one attached hydrogen (secondary N) is 1. The molecule has 2 atom stereocenters. The molecule has 0 unspecified atom stereocenters. The smallest absolute Gasteiger partial charge is 0.224 e. The highest BCUT2D eigenvalue weighted by atomic mass is 16.5. The first-order valence-corrected chi connectivity index (χ1v) is 9.48. The average molecular weight is 374 g/mol. The van der Waals surface area contributed by atoms with Crippen molar-refractivity contribution in [3.8, 4) is 11.5 Å². The SMILES string of the molecule is CCOc1ccc(CCNC(=O)[C@@H]2CC(C)=CC[C@H]2C(=O)[O-])cc1OCC. The molecule has 0 bridgehead atoms. The predicted molar refractivity (Wildman–Crippen MR) is 100 cm³/mol. The second-order valence-corrected chi connectivity index (χ2v) is 6.71. The number of rotatable bonds is 9. The number of hydrogen-bond acceptors (Lipinski definition) is 5. The maximum Gasteiger partial charge on any atom is 0.224 e. The minimum absolute atomic E-state index is 0.229. The number of allylic oxidation sites excluding steroid dienone is 2. The van der Waals surface area contributed by atoms with Gasteiger partial charge >= 0.3 is 0 Å². The number of benzene rings is 1. The Kier molecular flexibility index (Phi) is 7.70. The first-order chi connectivity index (χ1) is 13.0. The van der Waals surface area contributed by atoms with Gasteiger partial charge in [-0.2, -0.15) is 0 Å². The lowest BCUT2D eigenvalue weighted by atomic mass is 9.79. The Morgan fingerprint density at radius 1 is 1.15 bits per heavy atom. The van der Waals surface area contributed by atoms with Crippen LogP contribution in [0.2, 0.25) is 0 Å². The molecule has 0 spiro atoms. The summed E-state index contributed by atoms with van der Waals surface area (Å²) in [4.78, 5) is 23.8. The van der Waals surface area contributed by atoms with Crippen LogP contribution in [0.5, 0.6) is 11.5 Å². The van der Waals surface area contributed by atoms with E-state index in [-0.39, 0.29) is 5.91 Å². The maximum absolute atomic E-state index is 12.5. The first kappa shape index (κ1) is 20.8. The van der Waals surface area contributed by atoms with Gasteiger partial charge in [0.2, 0.25) is 5.91 Å². The molecule has 1 aromatic rings. The Morgan fingerprint density at radius 2 is 1.85 bits per heavy atom. The molecule has 0 fully saturated rings. The van der Waals surface area contributed by atoms with Gasteiger partial charge in [-0.3, -0.25) is 4.79 Å². The summed E-state index contributed by atoms with van der Waals surface area (Å²) in [5, 5.41) is 14.2. The van der Waals surface area contributed by atoms with Crippen molar-refractivity contribution in [2.24, 2.45) is 11.8 Å². The molecule has 1 amide bonds. The summed E-state index contributed by atoms with van der Waals surface area (Å²) in [6, 6.07) is 5.72. The van der Waals surface area contributed by atoms with Gasteiger partial charge in [-0.25, -0.2) is 0 Å². The van der Waals surface area contributed by atoms with Gasteiger partial charge in [0.15, 0.2) is 11.5 Å². The van der Waals surface area contributed by atoms with Crippen LogP contribution < -0.4 is 19.9 Å². The molecule has 6 nitrogen and oxygen atoms in total. The fraction of sp³-hybridized carbons (Fsp3) is 0.524. The highest BCUT2D eigenvalue weighted by Crippen LogP contribution is 2.30. The molecule has 1 aliphatic carbocycles. The van der Waals surface area contributed by atoms with Gasteiger partial charge in [-0.15, -0.1) is 0 Å². The predicted octanol–water partition coefficient (Wildman–Crippen LogP) is 1.87. The molecule has 0 radical (unpaired) electrons. The molecule has 1 aliphatic rings. The summed E-state index contributed by atoms with van der Waals surface area (Å²) in [6.45, 7) is 7.28. The lowest BCUT2D eigenvalue weighted by molar-refractivity contribution is -0.313. The molecular formula is C21H28NO5-. The number of carboxylic acids is 1. The maximum atomic E-state index is 12.5. The normalized spacial score (nSPS) is 19.1. The topological polar surface area (TPSA) is 87.7 Å². The summed E-state index contributed by atoms with van der Waals surface area (Å²) in [5.74, 6) is -1.33. The van der Waals surface area contributed by atoms with Crippen molar-refractivity contribution in [3.05, 3.63) is 35.4 Å². The van der Waals surface area contributed by atoms with E-state index >= 15 is 0 Å². The standard InChI is InChI=1S/C21H29NO5/c1-4-26-18-9-7-15(13-19(18)27-5-2)10-11-22-20(23)17-12-14(3)6-8-16(17)21(24)25/h6-7,9,13,16-17H,4-5,8,10-12H2,1-3H3,(H,22,23)(H,24,25)/p-1/t16-,17-/m1/s1. The van der Waals surface area contributed by atoms with Crippen LogP contribution in [0.25, 0.3) is 0 Å². The summed E-state index contributed by atoms with van der Waals surface area (Å²) >= 11 is 0. The van der Waals surface area contributed by atoms with Crippen LogP contribution in [-0.4, -0.2) is 31.6 Å². The molecule has 0 heterocycles. The minimum Gasteiger partial charge on any atom is -0.550 e. The number of amides is 1. The van der Waals surface area contributed by atoms with Crippen LogP contribution >= 0.6 is 0 Å². The van der Waals surface area contributed by atoms with Crippen LogP contribution in [-0.2, 0) is 16.0 Å². The van der Waals surface area contributed by atoms with E-state index in [0.29, 0.717) is 50.5 Å². The van der Waals surface area contributed by atoms with Gasteiger partial charge < -0.3 is 24.7 Å². The third-order valence-corrected chi connectivity index (χ3v) is 4.71. The highest BCUT2D eigenvalue weighted by molar-refractivity contribution is 5.84. The van der Waals surface area contributed by atoms with Crippen molar-refractivity contribution in [2.75, 3.05) is 19.8 Å². The van der Waals surface area contributed by atoms with Crippen molar-refractivity contribution < 1.29 is 24.2 Å². The Hall–Kier alpha value is -2.50. The van der Waals surface area contributed by atoms with E-state index in [1.54, 1.807) is 0 Å². The van der Waals surface area contributed by atoms with Crippen LogP contribution in [0, 0.1) is 11.8 Å². The monoisotopic (exact) mass is 374 g/mol. The lowest BCUT2D eigenvalue weighted by Gasteiger charge is -2.30. The van der Waals surface area contributed by atoms with Gasteiger partial charge in [0.05, 0.1) is 13.2 Å². The number of aliphatic carboxylic acids is 1. The Morgan fingerprint density at radius 3 is 2.52 bits per heavy atom. The fourth-order valence-electron chi connectivity index (χ4n) is 3.31. The third-order valence-electron chi connectivity index (χ3n) is 4.71. The summed E-state index contributed by atoms with van der Waals surface area (Å²) in [6.07, 6.45) is 3.31. The van der Waals surface area contributed by atoms with Crippen LogP contribution in [0.15, 0.2) is 29.8 Å². The third kappa shape index (κ3) is 5.74. The van der Waals surface area contributed by atoms with Crippen molar-refractivity contribution in [1.82, 2.24) is 5.32 Å². The zero-order valence-corrected chi connectivity index (χ0v) is 16.2. The molecule has 0 aliphatic heterocycles. The van der Waals surface area contributed by atoms with E-state index < -0.39 is 17.8 Å². The Balaban J connectivity index is 1.95. The van der Waals surface area contributed by atoms with Gasteiger partial charge in [0, 0.05) is 24.3 Å². The summed E-state index contributed by atoms with van der Waals surface area (Å²) in [5.41, 5.74) is 2.05. The van der Waals surface area contributed by atoms with E-state index in [0.717, 1.165) is 11.1 Å².